The van der Waals surface area contributed by atoms with Gasteiger partial charge in [-0.15, -0.1) is 0 Å². The van der Waals surface area contributed by atoms with Crippen molar-refractivity contribution in [1.29, 1.82) is 0 Å². The van der Waals surface area contributed by atoms with E-state index in [4.69, 9.17) is 0 Å². The van der Waals surface area contributed by atoms with Crippen LogP contribution in [0.2, 0.25) is 0 Å². The predicted octanol–water partition coefficient (Wildman–Crippen LogP) is 2.73. The zero-order chi connectivity index (χ0) is 17.3. The molecule has 1 aliphatic heterocycles. The standard InChI is InChI=1S/C15H16BrN5O3/c1-19-9-10(7-18-19)14(22)6-11-3-2-4-20(11)15-13(16)5-12(8-17-15)21(23)24/h5,7-9,11H,2-4,6H2,1H3. The van der Waals surface area contributed by atoms with E-state index in [1.165, 1.54) is 12.3 Å². The molecule has 1 unspecified atom stereocenters. The van der Waals surface area contributed by atoms with Gasteiger partial charge in [-0.1, -0.05) is 0 Å². The van der Waals surface area contributed by atoms with E-state index in [1.54, 1.807) is 24.1 Å². The number of Topliss-reactive ketones (excluding diaryl/α,β-unsaturated/α-hetero) is 1. The zero-order valence-corrected chi connectivity index (χ0v) is 14.6. The van der Waals surface area contributed by atoms with Crippen LogP contribution in [0.4, 0.5) is 11.5 Å². The first-order valence-corrected chi connectivity index (χ1v) is 8.33. The molecular formula is C15H16BrN5O3. The summed E-state index contributed by atoms with van der Waals surface area (Å²) in [7, 11) is 1.77. The van der Waals surface area contributed by atoms with E-state index < -0.39 is 4.92 Å². The maximum Gasteiger partial charge on any atom is 0.288 e. The zero-order valence-electron chi connectivity index (χ0n) is 13.1. The first-order valence-electron chi connectivity index (χ1n) is 7.54. The van der Waals surface area contributed by atoms with Gasteiger partial charge in [-0.3, -0.25) is 19.6 Å². The van der Waals surface area contributed by atoms with Crippen LogP contribution < -0.4 is 4.90 Å². The summed E-state index contributed by atoms with van der Waals surface area (Å²) in [6.45, 7) is 0.772. The molecule has 0 N–H and O–H groups in total. The van der Waals surface area contributed by atoms with Crippen molar-refractivity contribution >= 4 is 33.2 Å². The van der Waals surface area contributed by atoms with Gasteiger partial charge < -0.3 is 4.90 Å². The van der Waals surface area contributed by atoms with Crippen LogP contribution in [0.1, 0.15) is 29.6 Å². The quantitative estimate of drug-likeness (QED) is 0.440. The van der Waals surface area contributed by atoms with E-state index in [2.05, 4.69) is 26.0 Å². The Morgan fingerprint density at radius 2 is 2.29 bits per heavy atom. The number of carbonyl (C=O) groups is 1. The van der Waals surface area contributed by atoms with Crippen molar-refractivity contribution in [2.24, 2.45) is 7.05 Å². The third kappa shape index (κ3) is 3.30. The fraction of sp³-hybridized carbons (Fsp3) is 0.400. The minimum atomic E-state index is -0.477. The molecule has 0 radical (unpaired) electrons. The highest BCUT2D eigenvalue weighted by Crippen LogP contribution is 2.33. The monoisotopic (exact) mass is 393 g/mol. The van der Waals surface area contributed by atoms with Crippen LogP contribution in [0.25, 0.3) is 0 Å². The number of pyridine rings is 1. The number of hydrogen-bond donors (Lipinski definition) is 0. The Hall–Kier alpha value is -2.29. The van der Waals surface area contributed by atoms with E-state index in [0.717, 1.165) is 19.4 Å². The smallest absolute Gasteiger partial charge is 0.288 e. The molecule has 24 heavy (non-hydrogen) atoms. The maximum absolute atomic E-state index is 12.4. The number of anilines is 1. The Bertz CT molecular complexity index is 791. The summed E-state index contributed by atoms with van der Waals surface area (Å²) < 4.78 is 2.17. The Labute approximate surface area is 146 Å². The molecule has 0 aliphatic carbocycles. The number of ketones is 1. The number of rotatable bonds is 5. The van der Waals surface area contributed by atoms with Crippen LogP contribution in [0.5, 0.6) is 0 Å². The Morgan fingerprint density at radius 3 is 2.92 bits per heavy atom. The van der Waals surface area contributed by atoms with Crippen LogP contribution >= 0.6 is 15.9 Å². The van der Waals surface area contributed by atoms with Crippen molar-refractivity contribution in [3.05, 3.63) is 44.8 Å². The van der Waals surface area contributed by atoms with Crippen molar-refractivity contribution in [1.82, 2.24) is 14.8 Å². The number of aromatic nitrogens is 3. The van der Waals surface area contributed by atoms with Crippen LogP contribution in [0.15, 0.2) is 29.1 Å². The number of nitro groups is 1. The highest BCUT2D eigenvalue weighted by molar-refractivity contribution is 9.10. The van der Waals surface area contributed by atoms with Crippen molar-refractivity contribution in [3.8, 4) is 0 Å². The van der Waals surface area contributed by atoms with Crippen molar-refractivity contribution in [3.63, 3.8) is 0 Å². The van der Waals surface area contributed by atoms with E-state index in [1.807, 2.05) is 4.90 Å². The molecule has 0 aromatic carbocycles. The fourth-order valence-electron chi connectivity index (χ4n) is 2.96. The lowest BCUT2D eigenvalue weighted by molar-refractivity contribution is -0.385. The maximum atomic E-state index is 12.4. The molecule has 9 heteroatoms. The molecule has 3 heterocycles. The average molecular weight is 394 g/mol. The second kappa shape index (κ2) is 6.68. The lowest BCUT2D eigenvalue weighted by Crippen LogP contribution is -2.32. The van der Waals surface area contributed by atoms with Gasteiger partial charge in [0.25, 0.3) is 5.69 Å². The molecule has 1 fully saturated rings. The van der Waals surface area contributed by atoms with E-state index in [0.29, 0.717) is 22.3 Å². The number of halogens is 1. The van der Waals surface area contributed by atoms with Gasteiger partial charge in [0.15, 0.2) is 5.78 Å². The second-order valence-electron chi connectivity index (χ2n) is 5.78. The van der Waals surface area contributed by atoms with Gasteiger partial charge in [0.1, 0.15) is 12.0 Å². The minimum Gasteiger partial charge on any atom is -0.352 e. The average Bonchev–Trinajstić information content (AvgIpc) is 3.16. The molecule has 3 rings (SSSR count). The molecule has 1 aliphatic rings. The molecule has 2 aromatic rings. The molecule has 0 amide bonds. The molecule has 0 bridgehead atoms. The molecule has 0 spiro atoms. The lowest BCUT2D eigenvalue weighted by atomic mass is 10.0. The largest absolute Gasteiger partial charge is 0.352 e. The summed E-state index contributed by atoms with van der Waals surface area (Å²) in [5.41, 5.74) is 0.535. The first kappa shape index (κ1) is 16.6. The van der Waals surface area contributed by atoms with E-state index in [9.17, 15) is 14.9 Å². The molecule has 0 saturated carbocycles. The molecule has 1 saturated heterocycles. The molecule has 8 nitrogen and oxygen atoms in total. The second-order valence-corrected chi connectivity index (χ2v) is 6.63. The van der Waals surface area contributed by atoms with Crippen molar-refractivity contribution in [2.75, 3.05) is 11.4 Å². The van der Waals surface area contributed by atoms with Crippen LogP contribution in [-0.4, -0.2) is 38.1 Å². The highest BCUT2D eigenvalue weighted by Gasteiger charge is 2.30. The third-order valence-corrected chi connectivity index (χ3v) is 4.70. The van der Waals surface area contributed by atoms with E-state index >= 15 is 0 Å². The Morgan fingerprint density at radius 1 is 1.50 bits per heavy atom. The topological polar surface area (TPSA) is 94.2 Å². The summed E-state index contributed by atoms with van der Waals surface area (Å²) in [4.78, 5) is 29.0. The van der Waals surface area contributed by atoms with Crippen LogP contribution in [-0.2, 0) is 7.05 Å². The minimum absolute atomic E-state index is 0.0305. The van der Waals surface area contributed by atoms with Crippen molar-refractivity contribution < 1.29 is 9.72 Å². The van der Waals surface area contributed by atoms with Gasteiger partial charge in [-0.25, -0.2) is 4.98 Å². The number of aryl methyl sites for hydroxylation is 1. The Balaban J connectivity index is 1.78. The van der Waals surface area contributed by atoms with E-state index in [-0.39, 0.29) is 17.5 Å². The van der Waals surface area contributed by atoms with Gasteiger partial charge in [0.2, 0.25) is 0 Å². The highest BCUT2D eigenvalue weighted by atomic mass is 79.9. The summed E-state index contributed by atoms with van der Waals surface area (Å²) in [5.74, 6) is 0.681. The van der Waals surface area contributed by atoms with Gasteiger partial charge in [-0.05, 0) is 28.8 Å². The third-order valence-electron chi connectivity index (χ3n) is 4.12. The normalized spacial score (nSPS) is 17.2. The molecule has 1 atom stereocenters. The fourth-order valence-corrected chi connectivity index (χ4v) is 3.52. The van der Waals surface area contributed by atoms with Gasteiger partial charge in [0, 0.05) is 38.3 Å². The lowest BCUT2D eigenvalue weighted by Gasteiger charge is -2.26. The number of hydrogen-bond acceptors (Lipinski definition) is 6. The van der Waals surface area contributed by atoms with Gasteiger partial charge in [-0.2, -0.15) is 5.10 Å². The first-order chi connectivity index (χ1) is 11.5. The summed E-state index contributed by atoms with van der Waals surface area (Å²) in [5, 5.41) is 14.9. The van der Waals surface area contributed by atoms with Gasteiger partial charge >= 0.3 is 0 Å². The molecular weight excluding hydrogens is 378 g/mol. The summed E-state index contributed by atoms with van der Waals surface area (Å²) in [6, 6.07) is 1.48. The number of carbonyl (C=O) groups excluding carboxylic acids is 1. The SMILES string of the molecule is Cn1cc(C(=O)CC2CCCN2c2ncc([N+](=O)[O-])cc2Br)cn1. The van der Waals surface area contributed by atoms with Crippen LogP contribution in [0, 0.1) is 10.1 Å². The molecule has 126 valence electrons. The summed E-state index contributed by atoms with van der Waals surface area (Å²) in [6.07, 6.45) is 6.74. The number of nitrogens with zero attached hydrogens (tertiary/aromatic N) is 5. The summed E-state index contributed by atoms with van der Waals surface area (Å²) >= 11 is 3.36. The van der Waals surface area contributed by atoms with Crippen molar-refractivity contribution in [2.45, 2.75) is 25.3 Å². The molecule has 2 aromatic heterocycles. The predicted molar refractivity (Wildman–Crippen MR) is 91.1 cm³/mol. The van der Waals surface area contributed by atoms with Crippen LogP contribution in [0.3, 0.4) is 0 Å². The Kier molecular flexibility index (Phi) is 4.61. The van der Waals surface area contributed by atoms with Gasteiger partial charge in [0.05, 0.1) is 21.2 Å².